The second kappa shape index (κ2) is 3.98. The second-order valence-electron chi connectivity index (χ2n) is 5.83. The van der Waals surface area contributed by atoms with Gasteiger partial charge in [0, 0.05) is 0 Å². The molecule has 2 aliphatic rings. The summed E-state index contributed by atoms with van der Waals surface area (Å²) in [6, 6.07) is 6.70. The first kappa shape index (κ1) is 12.5. The molecule has 0 bridgehead atoms. The Balaban J connectivity index is 2.12. The first-order valence-electron chi connectivity index (χ1n) is 6.74. The highest BCUT2D eigenvalue weighted by Crippen LogP contribution is 2.62. The number of ether oxygens (including phenoxy) is 2. The Hall–Kier alpha value is -1.53. The molecule has 1 saturated carbocycles. The first-order chi connectivity index (χ1) is 9.10. The van der Waals surface area contributed by atoms with E-state index in [1.807, 2.05) is 6.07 Å². The minimum absolute atomic E-state index is 0.0944. The molecule has 0 N–H and O–H groups in total. The van der Waals surface area contributed by atoms with Gasteiger partial charge in [0.25, 0.3) is 0 Å². The third kappa shape index (κ3) is 1.47. The van der Waals surface area contributed by atoms with Crippen LogP contribution in [0.1, 0.15) is 29.5 Å². The van der Waals surface area contributed by atoms with Crippen LogP contribution in [0.15, 0.2) is 12.1 Å². The molecule has 1 aromatic carbocycles. The summed E-state index contributed by atoms with van der Waals surface area (Å²) in [5.74, 6) is 0.915. The van der Waals surface area contributed by atoms with Crippen LogP contribution in [0.25, 0.3) is 0 Å². The average molecular weight is 257 g/mol. The van der Waals surface area contributed by atoms with Crippen molar-refractivity contribution in [2.45, 2.75) is 32.1 Å². The first-order valence-corrected chi connectivity index (χ1v) is 6.74. The van der Waals surface area contributed by atoms with Crippen molar-refractivity contribution < 1.29 is 9.47 Å². The van der Waals surface area contributed by atoms with Crippen molar-refractivity contribution in [2.75, 3.05) is 20.3 Å². The Bertz CT molecular complexity index is 563. The fraction of sp³-hybridized carbons (Fsp3) is 0.562. The average Bonchev–Trinajstić information content (AvgIpc) is 3.15. The summed E-state index contributed by atoms with van der Waals surface area (Å²) < 4.78 is 10.9. The maximum absolute atomic E-state index is 9.55. The summed E-state index contributed by atoms with van der Waals surface area (Å²) in [5, 5.41) is 9.55. The SMILES string of the molecule is COc1ccc(C2(C3(C#N)CC3)COC2)c(C)c1C. The van der Waals surface area contributed by atoms with Crippen molar-refractivity contribution in [3.05, 3.63) is 28.8 Å². The Labute approximate surface area is 114 Å². The van der Waals surface area contributed by atoms with Crippen molar-refractivity contribution in [1.82, 2.24) is 0 Å². The highest BCUT2D eigenvalue weighted by Gasteiger charge is 2.64. The number of nitrogens with zero attached hydrogens (tertiary/aromatic N) is 1. The maximum Gasteiger partial charge on any atom is 0.122 e. The Kier molecular flexibility index (Phi) is 2.62. The lowest BCUT2D eigenvalue weighted by Crippen LogP contribution is -2.53. The van der Waals surface area contributed by atoms with E-state index in [0.717, 1.165) is 18.6 Å². The topological polar surface area (TPSA) is 42.2 Å². The van der Waals surface area contributed by atoms with Crippen molar-refractivity contribution in [3.63, 3.8) is 0 Å². The molecule has 1 heterocycles. The third-order valence-electron chi connectivity index (χ3n) is 5.05. The monoisotopic (exact) mass is 257 g/mol. The number of hydrogen-bond acceptors (Lipinski definition) is 3. The maximum atomic E-state index is 9.55. The highest BCUT2D eigenvalue weighted by atomic mass is 16.5. The molecule has 3 rings (SSSR count). The van der Waals surface area contributed by atoms with E-state index < -0.39 is 0 Å². The molecule has 1 aromatic rings. The summed E-state index contributed by atoms with van der Waals surface area (Å²) in [6.45, 7) is 5.55. The van der Waals surface area contributed by atoms with Gasteiger partial charge in [-0.1, -0.05) is 6.07 Å². The van der Waals surface area contributed by atoms with E-state index in [-0.39, 0.29) is 10.8 Å². The van der Waals surface area contributed by atoms with Gasteiger partial charge >= 0.3 is 0 Å². The molecular formula is C16H19NO2. The van der Waals surface area contributed by atoms with Crippen LogP contribution >= 0.6 is 0 Å². The van der Waals surface area contributed by atoms with E-state index >= 15 is 0 Å². The molecule has 0 amide bonds. The molecule has 0 atom stereocenters. The number of nitriles is 1. The molecule has 1 aliphatic heterocycles. The van der Waals surface area contributed by atoms with Gasteiger partial charge in [-0.05, 0) is 49.4 Å². The number of rotatable bonds is 3. The molecule has 19 heavy (non-hydrogen) atoms. The molecule has 1 aliphatic carbocycles. The minimum Gasteiger partial charge on any atom is -0.496 e. The van der Waals surface area contributed by atoms with E-state index in [1.54, 1.807) is 7.11 Å². The zero-order chi connectivity index (χ0) is 13.7. The number of methoxy groups -OCH3 is 1. The molecule has 2 fully saturated rings. The van der Waals surface area contributed by atoms with Crippen LogP contribution in [-0.4, -0.2) is 20.3 Å². The molecule has 3 heteroatoms. The van der Waals surface area contributed by atoms with Crippen LogP contribution in [0, 0.1) is 30.6 Å². The van der Waals surface area contributed by atoms with Gasteiger partial charge in [0.1, 0.15) is 5.75 Å². The van der Waals surface area contributed by atoms with Crippen LogP contribution in [0.2, 0.25) is 0 Å². The van der Waals surface area contributed by atoms with Gasteiger partial charge in [-0.3, -0.25) is 0 Å². The van der Waals surface area contributed by atoms with Crippen LogP contribution in [0.4, 0.5) is 0 Å². The molecule has 100 valence electrons. The van der Waals surface area contributed by atoms with Crippen molar-refractivity contribution in [2.24, 2.45) is 5.41 Å². The molecule has 0 aromatic heterocycles. The Morgan fingerprint density at radius 3 is 2.32 bits per heavy atom. The van der Waals surface area contributed by atoms with Gasteiger partial charge in [0.05, 0.1) is 37.2 Å². The van der Waals surface area contributed by atoms with Crippen LogP contribution in [0.3, 0.4) is 0 Å². The standard InChI is InChI=1S/C16H19NO2/c1-11-12(2)14(18-3)5-4-13(11)16(9-19-10-16)15(8-17)6-7-15/h4-5H,6-7,9-10H2,1-3H3. The predicted molar refractivity (Wildman–Crippen MR) is 72.2 cm³/mol. The lowest BCUT2D eigenvalue weighted by atomic mass is 9.65. The van der Waals surface area contributed by atoms with Crippen molar-refractivity contribution in [3.8, 4) is 11.8 Å². The molecule has 0 radical (unpaired) electrons. The zero-order valence-electron chi connectivity index (χ0n) is 11.7. The lowest BCUT2D eigenvalue weighted by Gasteiger charge is -2.46. The van der Waals surface area contributed by atoms with Gasteiger partial charge in [-0.25, -0.2) is 0 Å². The molecule has 1 saturated heterocycles. The second-order valence-corrected chi connectivity index (χ2v) is 5.83. The summed E-state index contributed by atoms with van der Waals surface area (Å²) in [6.07, 6.45) is 1.99. The van der Waals surface area contributed by atoms with E-state index in [9.17, 15) is 5.26 Å². The zero-order valence-corrected chi connectivity index (χ0v) is 11.7. The lowest BCUT2D eigenvalue weighted by molar-refractivity contribution is -0.0870. The Morgan fingerprint density at radius 2 is 1.89 bits per heavy atom. The van der Waals surface area contributed by atoms with Gasteiger partial charge in [0.2, 0.25) is 0 Å². The van der Waals surface area contributed by atoms with Gasteiger partial charge in [-0.2, -0.15) is 5.26 Å². The molecular weight excluding hydrogens is 238 g/mol. The largest absolute Gasteiger partial charge is 0.496 e. The summed E-state index contributed by atoms with van der Waals surface area (Å²) >= 11 is 0. The highest BCUT2D eigenvalue weighted by molar-refractivity contribution is 5.50. The van der Waals surface area contributed by atoms with Gasteiger partial charge < -0.3 is 9.47 Å². The van der Waals surface area contributed by atoms with Gasteiger partial charge in [0.15, 0.2) is 0 Å². The van der Waals surface area contributed by atoms with Gasteiger partial charge in [-0.15, -0.1) is 0 Å². The van der Waals surface area contributed by atoms with E-state index in [1.165, 1.54) is 16.7 Å². The molecule has 0 unspecified atom stereocenters. The third-order valence-corrected chi connectivity index (χ3v) is 5.05. The van der Waals surface area contributed by atoms with E-state index in [0.29, 0.717) is 13.2 Å². The fourth-order valence-corrected chi connectivity index (χ4v) is 3.35. The van der Waals surface area contributed by atoms with Crippen LogP contribution < -0.4 is 4.74 Å². The Morgan fingerprint density at radius 1 is 1.21 bits per heavy atom. The van der Waals surface area contributed by atoms with E-state index in [2.05, 4.69) is 26.0 Å². The fourth-order valence-electron chi connectivity index (χ4n) is 3.35. The number of hydrogen-bond donors (Lipinski definition) is 0. The summed E-state index contributed by atoms with van der Waals surface area (Å²) in [7, 11) is 1.70. The van der Waals surface area contributed by atoms with Crippen LogP contribution in [-0.2, 0) is 10.2 Å². The van der Waals surface area contributed by atoms with Crippen LogP contribution in [0.5, 0.6) is 5.75 Å². The minimum atomic E-state index is -0.197. The normalized spacial score (nSPS) is 22.2. The quantitative estimate of drug-likeness (QED) is 0.836. The summed E-state index contributed by atoms with van der Waals surface area (Å²) in [4.78, 5) is 0. The molecule has 0 spiro atoms. The summed E-state index contributed by atoms with van der Waals surface area (Å²) in [5.41, 5.74) is 3.39. The van der Waals surface area contributed by atoms with Crippen molar-refractivity contribution in [1.29, 1.82) is 5.26 Å². The smallest absolute Gasteiger partial charge is 0.122 e. The molecule has 3 nitrogen and oxygen atoms in total. The van der Waals surface area contributed by atoms with E-state index in [4.69, 9.17) is 9.47 Å². The number of benzene rings is 1. The predicted octanol–water partition coefficient (Wildman–Crippen LogP) is 2.88. The van der Waals surface area contributed by atoms with Crippen molar-refractivity contribution >= 4 is 0 Å².